The Morgan fingerprint density at radius 2 is 1.94 bits per heavy atom. The van der Waals surface area contributed by atoms with E-state index in [-0.39, 0.29) is 36.0 Å². The van der Waals surface area contributed by atoms with Gasteiger partial charge in [-0.25, -0.2) is 9.18 Å². The summed E-state index contributed by atoms with van der Waals surface area (Å²) in [6.45, 7) is 1.33. The van der Waals surface area contributed by atoms with Gasteiger partial charge in [-0.05, 0) is 61.2 Å². The number of nitrogens with one attached hydrogen (secondary N) is 2. The van der Waals surface area contributed by atoms with E-state index in [0.717, 1.165) is 5.39 Å². The number of pyridine rings is 1. The minimum Gasteiger partial charge on any atom is -0.482 e. The first-order valence-electron chi connectivity index (χ1n) is 11.6. The van der Waals surface area contributed by atoms with Gasteiger partial charge in [0.25, 0.3) is 11.5 Å². The molecule has 2 amide bonds. The summed E-state index contributed by atoms with van der Waals surface area (Å²) in [6.07, 6.45) is 0.617. The Bertz CT molecular complexity index is 1420. The van der Waals surface area contributed by atoms with Crippen molar-refractivity contribution in [2.45, 2.75) is 31.5 Å². The van der Waals surface area contributed by atoms with Crippen LogP contribution in [0.4, 0.5) is 20.6 Å². The number of nitrogens with zero attached hydrogens (tertiary/aromatic N) is 2. The van der Waals surface area contributed by atoms with Crippen LogP contribution >= 0.6 is 0 Å². The minimum atomic E-state index is -0.440. The van der Waals surface area contributed by atoms with E-state index in [2.05, 4.69) is 10.6 Å². The van der Waals surface area contributed by atoms with E-state index in [0.29, 0.717) is 60.7 Å². The van der Waals surface area contributed by atoms with Crippen LogP contribution < -0.4 is 25.8 Å². The molecule has 2 aromatic carbocycles. The number of halogens is 1. The summed E-state index contributed by atoms with van der Waals surface area (Å²) in [5, 5.41) is 6.95. The predicted molar refractivity (Wildman–Crippen MR) is 126 cm³/mol. The normalized spacial score (nSPS) is 20.5. The van der Waals surface area contributed by atoms with Gasteiger partial charge in [-0.3, -0.25) is 14.5 Å². The van der Waals surface area contributed by atoms with Crippen molar-refractivity contribution in [3.8, 4) is 5.75 Å². The molecule has 35 heavy (non-hydrogen) atoms. The summed E-state index contributed by atoms with van der Waals surface area (Å²) in [7, 11) is 0. The van der Waals surface area contributed by atoms with E-state index >= 15 is 0 Å². The maximum Gasteiger partial charge on any atom is 0.414 e. The van der Waals surface area contributed by atoms with Crippen molar-refractivity contribution in [2.24, 2.45) is 0 Å². The summed E-state index contributed by atoms with van der Waals surface area (Å²) in [4.78, 5) is 37.8. The third-order valence-electron chi connectivity index (χ3n) is 6.73. The van der Waals surface area contributed by atoms with Crippen molar-refractivity contribution in [1.29, 1.82) is 0 Å². The van der Waals surface area contributed by atoms with Crippen LogP contribution in [0.25, 0.3) is 10.9 Å². The van der Waals surface area contributed by atoms with Gasteiger partial charge in [0.15, 0.2) is 6.61 Å². The second-order valence-corrected chi connectivity index (χ2v) is 8.96. The molecule has 0 aliphatic carbocycles. The Labute approximate surface area is 199 Å². The molecular weight excluding hydrogens is 455 g/mol. The number of hydrogen-bond acceptors (Lipinski definition) is 6. The molecule has 0 spiro atoms. The van der Waals surface area contributed by atoms with Crippen molar-refractivity contribution in [3.05, 3.63) is 64.2 Å². The number of rotatable bonds is 6. The average molecular weight is 478 g/mol. The summed E-state index contributed by atoms with van der Waals surface area (Å²) < 4.78 is 27.1. The zero-order valence-electron chi connectivity index (χ0n) is 18.8. The number of amides is 2. The number of anilines is 2. The van der Waals surface area contributed by atoms with Crippen LogP contribution in [-0.4, -0.2) is 42.4 Å². The fraction of sp³-hybridized carbons (Fsp3) is 0.320. The molecule has 180 valence electrons. The number of carbonyl (C=O) groups is 2. The van der Waals surface area contributed by atoms with Crippen molar-refractivity contribution >= 4 is 34.3 Å². The van der Waals surface area contributed by atoms with Gasteiger partial charge in [0, 0.05) is 23.9 Å². The number of ether oxygens (including phenoxy) is 2. The van der Waals surface area contributed by atoms with Crippen LogP contribution in [0.3, 0.4) is 0 Å². The van der Waals surface area contributed by atoms with Gasteiger partial charge in [-0.1, -0.05) is 0 Å². The molecule has 0 saturated carbocycles. The van der Waals surface area contributed by atoms with Crippen LogP contribution in [0.5, 0.6) is 5.75 Å². The number of aromatic nitrogens is 1. The number of carbonyl (C=O) groups excluding carboxylic acids is 2. The van der Waals surface area contributed by atoms with Crippen molar-refractivity contribution in [3.63, 3.8) is 0 Å². The lowest BCUT2D eigenvalue weighted by Gasteiger charge is -2.20. The molecule has 9 nitrogen and oxygen atoms in total. The van der Waals surface area contributed by atoms with Crippen LogP contribution in [0.15, 0.2) is 47.3 Å². The summed E-state index contributed by atoms with van der Waals surface area (Å²) in [5.41, 5.74) is 2.19. The average Bonchev–Trinajstić information content (AvgIpc) is 3.42. The highest BCUT2D eigenvalue weighted by Crippen LogP contribution is 2.35. The highest BCUT2D eigenvalue weighted by Gasteiger charge is 2.33. The summed E-state index contributed by atoms with van der Waals surface area (Å²) in [6, 6.07) is 11.3. The second-order valence-electron chi connectivity index (χ2n) is 8.96. The smallest absolute Gasteiger partial charge is 0.414 e. The van der Waals surface area contributed by atoms with Crippen molar-refractivity contribution in [2.75, 3.05) is 29.9 Å². The van der Waals surface area contributed by atoms with Gasteiger partial charge in [-0.15, -0.1) is 0 Å². The van der Waals surface area contributed by atoms with Crippen LogP contribution in [0.1, 0.15) is 24.4 Å². The Balaban J connectivity index is 1.06. The quantitative estimate of drug-likeness (QED) is 0.529. The second kappa shape index (κ2) is 8.38. The van der Waals surface area contributed by atoms with Gasteiger partial charge >= 0.3 is 6.09 Å². The topological polar surface area (TPSA) is 102 Å². The van der Waals surface area contributed by atoms with Gasteiger partial charge in [0.2, 0.25) is 0 Å². The Morgan fingerprint density at radius 3 is 2.83 bits per heavy atom. The summed E-state index contributed by atoms with van der Waals surface area (Å²) >= 11 is 0. The molecule has 0 bridgehead atoms. The zero-order chi connectivity index (χ0) is 24.1. The van der Waals surface area contributed by atoms with E-state index < -0.39 is 6.09 Å². The molecule has 4 heterocycles. The molecule has 1 aromatic heterocycles. The van der Waals surface area contributed by atoms with E-state index in [1.165, 1.54) is 17.0 Å². The van der Waals surface area contributed by atoms with Crippen LogP contribution in [-0.2, 0) is 16.1 Å². The first-order chi connectivity index (χ1) is 17.0. The minimum absolute atomic E-state index is 0.0281. The van der Waals surface area contributed by atoms with E-state index in [1.807, 2.05) is 0 Å². The molecule has 0 radical (unpaired) electrons. The Morgan fingerprint density at radius 1 is 1.09 bits per heavy atom. The molecule has 2 atom stereocenters. The zero-order valence-corrected chi connectivity index (χ0v) is 18.8. The molecule has 3 aliphatic heterocycles. The lowest BCUT2D eigenvalue weighted by atomic mass is 10.1. The SMILES string of the molecule is O=C1COc2ccc(N3C[C@@H](CCCN[C@@H]4Cn5c(=O)ccc6ccc(F)c4c65)OC3=O)cc2N1. The molecule has 1 saturated heterocycles. The van der Waals surface area contributed by atoms with E-state index in [1.54, 1.807) is 34.9 Å². The summed E-state index contributed by atoms with van der Waals surface area (Å²) in [5.74, 6) is 0.00113. The third kappa shape index (κ3) is 3.79. The van der Waals surface area contributed by atoms with Gasteiger partial charge in [0.05, 0.1) is 23.8 Å². The third-order valence-corrected chi connectivity index (χ3v) is 6.73. The molecule has 6 rings (SSSR count). The number of benzene rings is 2. The molecule has 1 fully saturated rings. The highest BCUT2D eigenvalue weighted by molar-refractivity contribution is 5.97. The first kappa shape index (κ1) is 21.6. The lowest BCUT2D eigenvalue weighted by Crippen LogP contribution is -2.28. The molecule has 10 heteroatoms. The van der Waals surface area contributed by atoms with Crippen LogP contribution in [0.2, 0.25) is 0 Å². The van der Waals surface area contributed by atoms with E-state index in [9.17, 15) is 18.8 Å². The predicted octanol–water partition coefficient (Wildman–Crippen LogP) is 2.92. The number of fused-ring (bicyclic) bond motifs is 1. The monoisotopic (exact) mass is 478 g/mol. The number of hydrogen-bond donors (Lipinski definition) is 2. The van der Waals surface area contributed by atoms with Crippen molar-refractivity contribution in [1.82, 2.24) is 9.88 Å². The molecule has 3 aliphatic rings. The first-order valence-corrected chi connectivity index (χ1v) is 11.6. The molecular formula is C25H23FN4O5. The van der Waals surface area contributed by atoms with Gasteiger partial charge in [-0.2, -0.15) is 0 Å². The molecule has 3 aromatic rings. The van der Waals surface area contributed by atoms with E-state index in [4.69, 9.17) is 9.47 Å². The van der Waals surface area contributed by atoms with Gasteiger partial charge in [0.1, 0.15) is 17.7 Å². The lowest BCUT2D eigenvalue weighted by molar-refractivity contribution is -0.118. The fourth-order valence-corrected chi connectivity index (χ4v) is 5.08. The number of cyclic esters (lactones) is 1. The maximum atomic E-state index is 14.6. The fourth-order valence-electron chi connectivity index (χ4n) is 5.08. The highest BCUT2D eigenvalue weighted by atomic mass is 19.1. The molecule has 2 N–H and O–H groups in total. The Hall–Kier alpha value is -3.92. The van der Waals surface area contributed by atoms with Crippen molar-refractivity contribution < 1.29 is 23.5 Å². The standard InChI is InChI=1S/C25H23FN4O5/c26-17-6-3-14-4-8-22(32)30-12-19(23(17)24(14)30)27-9-1-2-16-11-29(25(33)35-16)15-5-7-20-18(10-15)28-21(31)13-34-20/h3-8,10,16,19,27H,1-2,9,11-13H2,(H,28,31)/t16-,19-/m1/s1. The van der Waals surface area contributed by atoms with Gasteiger partial charge < -0.3 is 24.7 Å². The largest absolute Gasteiger partial charge is 0.482 e. The van der Waals surface area contributed by atoms with Crippen LogP contribution in [0, 0.1) is 5.82 Å². The molecule has 0 unspecified atom stereocenters. The Kier molecular flexibility index (Phi) is 5.18. The maximum absolute atomic E-state index is 14.6.